The van der Waals surface area contributed by atoms with E-state index in [9.17, 15) is 4.79 Å². The first-order valence-electron chi connectivity index (χ1n) is 6.44. The van der Waals surface area contributed by atoms with Gasteiger partial charge in [-0.05, 0) is 24.1 Å². The van der Waals surface area contributed by atoms with Crippen LogP contribution >= 0.6 is 0 Å². The molecule has 0 bridgehead atoms. The minimum absolute atomic E-state index is 0.276. The molecule has 0 aliphatic rings. The molecule has 102 valence electrons. The summed E-state index contributed by atoms with van der Waals surface area (Å²) in [4.78, 5) is 16.7. The minimum Gasteiger partial charge on any atom is -0.269 e. The number of amides is 1. The van der Waals surface area contributed by atoms with Crippen molar-refractivity contribution >= 4 is 12.0 Å². The second-order valence-corrected chi connectivity index (χ2v) is 4.48. The molecule has 0 atom stereocenters. The molecule has 2 aromatic carbocycles. The Bertz CT molecular complexity index is 574. The third-order valence-corrected chi connectivity index (χ3v) is 2.76. The van der Waals surface area contributed by atoms with E-state index in [2.05, 4.69) is 5.48 Å². The molecule has 20 heavy (non-hydrogen) atoms. The van der Waals surface area contributed by atoms with E-state index < -0.39 is 0 Å². The molecule has 1 N–H and O–H groups in total. The molecule has 0 radical (unpaired) electrons. The Labute approximate surface area is 118 Å². The molecule has 0 fully saturated rings. The van der Waals surface area contributed by atoms with Crippen molar-refractivity contribution in [2.45, 2.75) is 13.5 Å². The summed E-state index contributed by atoms with van der Waals surface area (Å²) in [6.07, 6.45) is 3.20. The summed E-state index contributed by atoms with van der Waals surface area (Å²) < 4.78 is 0. The molecule has 0 unspecified atom stereocenters. The smallest absolute Gasteiger partial charge is 0.267 e. The molecular weight excluding hydrogens is 250 g/mol. The largest absolute Gasteiger partial charge is 0.269 e. The van der Waals surface area contributed by atoms with Crippen LogP contribution in [0.3, 0.4) is 0 Å². The van der Waals surface area contributed by atoms with Crippen molar-refractivity contribution in [3.63, 3.8) is 0 Å². The van der Waals surface area contributed by atoms with Crippen LogP contribution in [0.1, 0.15) is 16.7 Å². The molecule has 0 saturated heterocycles. The lowest BCUT2D eigenvalue weighted by atomic mass is 10.1. The highest BCUT2D eigenvalue weighted by atomic mass is 16.6. The van der Waals surface area contributed by atoms with Crippen LogP contribution in [0.15, 0.2) is 60.7 Å². The Kier molecular flexibility index (Phi) is 5.09. The predicted molar refractivity (Wildman–Crippen MR) is 79.6 cm³/mol. The number of carbonyl (C=O) groups excluding carboxylic acids is 1. The minimum atomic E-state index is -0.276. The van der Waals surface area contributed by atoms with Crippen molar-refractivity contribution < 1.29 is 9.63 Å². The monoisotopic (exact) mass is 267 g/mol. The first-order valence-corrected chi connectivity index (χ1v) is 6.44. The zero-order chi connectivity index (χ0) is 14.2. The van der Waals surface area contributed by atoms with Gasteiger partial charge >= 0.3 is 0 Å². The van der Waals surface area contributed by atoms with Crippen LogP contribution in [0.25, 0.3) is 6.08 Å². The van der Waals surface area contributed by atoms with Crippen molar-refractivity contribution in [3.8, 4) is 0 Å². The number of rotatable bonds is 5. The Morgan fingerprint density at radius 1 is 1.10 bits per heavy atom. The quantitative estimate of drug-likeness (QED) is 0.667. The number of hydrogen-bond donors (Lipinski definition) is 1. The standard InChI is InChI=1S/C17H17NO2/c1-14-7-9-15(10-8-14)11-12-17(19)18-20-13-16-5-3-2-4-6-16/h2-12H,13H2,1H3,(H,18,19)/b12-11+. The number of hydroxylamine groups is 1. The molecule has 0 aliphatic carbocycles. The number of aryl methyl sites for hydroxylation is 1. The Hall–Kier alpha value is -2.39. The highest BCUT2D eigenvalue weighted by Crippen LogP contribution is 2.04. The van der Waals surface area contributed by atoms with E-state index in [0.29, 0.717) is 6.61 Å². The first-order chi connectivity index (χ1) is 9.74. The van der Waals surface area contributed by atoms with E-state index in [1.54, 1.807) is 6.08 Å². The van der Waals surface area contributed by atoms with Crippen molar-refractivity contribution in [2.24, 2.45) is 0 Å². The fourth-order valence-corrected chi connectivity index (χ4v) is 1.65. The van der Waals surface area contributed by atoms with Crippen molar-refractivity contribution in [1.82, 2.24) is 5.48 Å². The summed E-state index contributed by atoms with van der Waals surface area (Å²) >= 11 is 0. The SMILES string of the molecule is Cc1ccc(/C=C/C(=O)NOCc2ccccc2)cc1. The summed E-state index contributed by atoms with van der Waals surface area (Å²) in [5.74, 6) is -0.276. The molecule has 2 aromatic rings. The molecular formula is C17H17NO2. The Morgan fingerprint density at radius 2 is 1.80 bits per heavy atom. The van der Waals surface area contributed by atoms with Gasteiger partial charge in [-0.1, -0.05) is 60.2 Å². The van der Waals surface area contributed by atoms with E-state index in [1.165, 1.54) is 11.6 Å². The molecule has 1 amide bonds. The summed E-state index contributed by atoms with van der Waals surface area (Å²) in [5, 5.41) is 0. The zero-order valence-corrected chi connectivity index (χ0v) is 11.4. The van der Waals surface area contributed by atoms with Gasteiger partial charge in [0.25, 0.3) is 5.91 Å². The highest BCUT2D eigenvalue weighted by Gasteiger charge is 1.96. The van der Waals surface area contributed by atoms with E-state index in [-0.39, 0.29) is 5.91 Å². The van der Waals surface area contributed by atoms with Gasteiger partial charge in [0.05, 0.1) is 6.61 Å². The maximum atomic E-state index is 11.6. The molecule has 3 nitrogen and oxygen atoms in total. The van der Waals surface area contributed by atoms with Gasteiger partial charge in [-0.2, -0.15) is 0 Å². The number of hydrogen-bond acceptors (Lipinski definition) is 2. The highest BCUT2D eigenvalue weighted by molar-refractivity contribution is 5.90. The zero-order valence-electron chi connectivity index (χ0n) is 11.4. The lowest BCUT2D eigenvalue weighted by Gasteiger charge is -2.03. The third kappa shape index (κ3) is 4.71. The van der Waals surface area contributed by atoms with Crippen LogP contribution in [-0.2, 0) is 16.2 Å². The predicted octanol–water partition coefficient (Wildman–Crippen LogP) is 3.26. The van der Waals surface area contributed by atoms with Gasteiger partial charge in [0, 0.05) is 6.08 Å². The van der Waals surface area contributed by atoms with Gasteiger partial charge in [-0.3, -0.25) is 9.63 Å². The summed E-state index contributed by atoms with van der Waals surface area (Å²) in [5.41, 5.74) is 5.57. The van der Waals surface area contributed by atoms with Crippen LogP contribution in [0, 0.1) is 6.92 Å². The molecule has 0 heterocycles. The van der Waals surface area contributed by atoms with Crippen LogP contribution in [-0.4, -0.2) is 5.91 Å². The number of carbonyl (C=O) groups is 1. The van der Waals surface area contributed by atoms with Crippen LogP contribution in [0.4, 0.5) is 0 Å². The molecule has 0 aromatic heterocycles. The van der Waals surface area contributed by atoms with Gasteiger partial charge in [0.2, 0.25) is 0 Å². The second kappa shape index (κ2) is 7.26. The number of benzene rings is 2. The molecule has 0 spiro atoms. The average Bonchev–Trinajstić information content (AvgIpc) is 2.48. The lowest BCUT2D eigenvalue weighted by Crippen LogP contribution is -2.21. The van der Waals surface area contributed by atoms with Crippen molar-refractivity contribution in [3.05, 3.63) is 77.4 Å². The fraction of sp³-hybridized carbons (Fsp3) is 0.118. The van der Waals surface area contributed by atoms with Gasteiger partial charge in [-0.15, -0.1) is 0 Å². The molecule has 0 saturated carbocycles. The van der Waals surface area contributed by atoms with E-state index in [1.807, 2.05) is 61.5 Å². The van der Waals surface area contributed by atoms with Crippen LogP contribution in [0.2, 0.25) is 0 Å². The van der Waals surface area contributed by atoms with Gasteiger partial charge in [-0.25, -0.2) is 5.48 Å². The summed E-state index contributed by atoms with van der Waals surface area (Å²) in [6, 6.07) is 17.6. The third-order valence-electron chi connectivity index (χ3n) is 2.76. The first kappa shape index (κ1) is 14.0. The van der Waals surface area contributed by atoms with E-state index in [4.69, 9.17) is 4.84 Å². The lowest BCUT2D eigenvalue weighted by molar-refractivity contribution is -0.129. The Morgan fingerprint density at radius 3 is 2.50 bits per heavy atom. The summed E-state index contributed by atoms with van der Waals surface area (Å²) in [7, 11) is 0. The van der Waals surface area contributed by atoms with Crippen LogP contribution < -0.4 is 5.48 Å². The number of nitrogens with one attached hydrogen (secondary N) is 1. The van der Waals surface area contributed by atoms with Crippen molar-refractivity contribution in [1.29, 1.82) is 0 Å². The Balaban J connectivity index is 1.76. The van der Waals surface area contributed by atoms with Gasteiger partial charge in [0.1, 0.15) is 0 Å². The topological polar surface area (TPSA) is 38.3 Å². The van der Waals surface area contributed by atoms with Gasteiger partial charge in [0.15, 0.2) is 0 Å². The second-order valence-electron chi connectivity index (χ2n) is 4.48. The van der Waals surface area contributed by atoms with E-state index >= 15 is 0 Å². The molecule has 2 rings (SSSR count). The maximum absolute atomic E-state index is 11.6. The molecule has 0 aliphatic heterocycles. The van der Waals surface area contributed by atoms with Crippen molar-refractivity contribution in [2.75, 3.05) is 0 Å². The maximum Gasteiger partial charge on any atom is 0.267 e. The van der Waals surface area contributed by atoms with E-state index in [0.717, 1.165) is 11.1 Å². The van der Waals surface area contributed by atoms with Gasteiger partial charge < -0.3 is 0 Å². The molecule has 3 heteroatoms. The summed E-state index contributed by atoms with van der Waals surface area (Å²) in [6.45, 7) is 2.38. The average molecular weight is 267 g/mol. The normalized spacial score (nSPS) is 10.7. The van der Waals surface area contributed by atoms with Crippen LogP contribution in [0.5, 0.6) is 0 Å². The fourth-order valence-electron chi connectivity index (χ4n) is 1.65.